The van der Waals surface area contributed by atoms with E-state index in [1.165, 1.54) is 12.0 Å². The Hall–Kier alpha value is -2.04. The number of carbonyl (C=O) groups is 2. The highest BCUT2D eigenvalue weighted by Crippen LogP contribution is 2.43. The predicted molar refractivity (Wildman–Crippen MR) is 70.7 cm³/mol. The van der Waals surface area contributed by atoms with Gasteiger partial charge in [0.05, 0.1) is 30.3 Å². The second kappa shape index (κ2) is 4.26. The highest BCUT2D eigenvalue weighted by atomic mass is 16.5. The number of imide groups is 1. The van der Waals surface area contributed by atoms with Gasteiger partial charge in [-0.25, -0.2) is 4.90 Å². The number of anilines is 2. The average Bonchev–Trinajstić information content (AvgIpc) is 2.97. The molecule has 0 radical (unpaired) electrons. The summed E-state index contributed by atoms with van der Waals surface area (Å²) in [5.41, 5.74) is 6.76. The molecule has 2 atom stereocenters. The number of amides is 2. The van der Waals surface area contributed by atoms with E-state index in [4.69, 9.17) is 10.5 Å². The van der Waals surface area contributed by atoms with E-state index in [1.807, 2.05) is 0 Å². The highest BCUT2D eigenvalue weighted by Gasteiger charge is 2.50. The summed E-state index contributed by atoms with van der Waals surface area (Å²) in [6.45, 7) is 0. The van der Waals surface area contributed by atoms with Crippen molar-refractivity contribution in [3.05, 3.63) is 18.2 Å². The first-order valence-electron chi connectivity index (χ1n) is 6.45. The van der Waals surface area contributed by atoms with Crippen LogP contribution in [0, 0.1) is 11.8 Å². The van der Waals surface area contributed by atoms with Gasteiger partial charge in [0.15, 0.2) is 0 Å². The Balaban J connectivity index is 2.03. The lowest BCUT2D eigenvalue weighted by molar-refractivity contribution is -0.122. The first-order chi connectivity index (χ1) is 9.13. The van der Waals surface area contributed by atoms with Gasteiger partial charge in [0, 0.05) is 6.07 Å². The molecule has 0 spiro atoms. The van der Waals surface area contributed by atoms with Crippen LogP contribution in [-0.2, 0) is 9.59 Å². The van der Waals surface area contributed by atoms with Gasteiger partial charge in [-0.1, -0.05) is 6.42 Å². The predicted octanol–water partition coefficient (Wildman–Crippen LogP) is 1.57. The molecule has 2 amide bonds. The van der Waals surface area contributed by atoms with Crippen molar-refractivity contribution in [1.82, 2.24) is 0 Å². The summed E-state index contributed by atoms with van der Waals surface area (Å²) in [6.07, 6.45) is 2.56. The Kier molecular flexibility index (Phi) is 2.69. The smallest absolute Gasteiger partial charge is 0.237 e. The van der Waals surface area contributed by atoms with Gasteiger partial charge < -0.3 is 10.5 Å². The van der Waals surface area contributed by atoms with E-state index >= 15 is 0 Å². The Labute approximate surface area is 111 Å². The van der Waals surface area contributed by atoms with Crippen molar-refractivity contribution in [2.75, 3.05) is 17.7 Å². The number of hydrogen-bond acceptors (Lipinski definition) is 4. The number of methoxy groups -OCH3 is 1. The van der Waals surface area contributed by atoms with Gasteiger partial charge in [0.25, 0.3) is 0 Å². The van der Waals surface area contributed by atoms with Crippen LogP contribution in [0.2, 0.25) is 0 Å². The molecule has 19 heavy (non-hydrogen) atoms. The first-order valence-corrected chi connectivity index (χ1v) is 6.45. The first kappa shape index (κ1) is 12.0. The average molecular weight is 260 g/mol. The van der Waals surface area contributed by atoms with Gasteiger partial charge in [0.2, 0.25) is 11.8 Å². The molecule has 1 heterocycles. The minimum atomic E-state index is -0.155. The van der Waals surface area contributed by atoms with Crippen molar-refractivity contribution in [3.8, 4) is 5.75 Å². The van der Waals surface area contributed by atoms with Gasteiger partial charge in [-0.15, -0.1) is 0 Å². The number of nitrogens with zero attached hydrogens (tertiary/aromatic N) is 1. The summed E-state index contributed by atoms with van der Waals surface area (Å²) in [5, 5.41) is 0. The maximum absolute atomic E-state index is 12.4. The molecule has 5 heteroatoms. The molecule has 1 aromatic carbocycles. The monoisotopic (exact) mass is 260 g/mol. The number of ether oxygens (including phenoxy) is 1. The normalized spacial score (nSPS) is 25.8. The standard InChI is InChI=1S/C14H16N2O3/c1-19-8-5-6-11(15)12(7-8)16-13(17)9-3-2-4-10(9)14(16)18/h5-7,9-10H,2-4,15H2,1H3. The molecule has 100 valence electrons. The molecule has 2 N–H and O–H groups in total. The summed E-state index contributed by atoms with van der Waals surface area (Å²) < 4.78 is 5.13. The summed E-state index contributed by atoms with van der Waals surface area (Å²) in [6, 6.07) is 5.01. The third-order valence-corrected chi connectivity index (χ3v) is 4.07. The van der Waals surface area contributed by atoms with Crippen LogP contribution in [0.3, 0.4) is 0 Å². The lowest BCUT2D eigenvalue weighted by Gasteiger charge is -2.18. The van der Waals surface area contributed by atoms with Crippen molar-refractivity contribution in [1.29, 1.82) is 0 Å². The molecule has 1 aliphatic heterocycles. The zero-order chi connectivity index (χ0) is 13.6. The third kappa shape index (κ3) is 1.69. The molecule has 1 aliphatic carbocycles. The fraction of sp³-hybridized carbons (Fsp3) is 0.429. The van der Waals surface area contributed by atoms with Crippen LogP contribution < -0.4 is 15.4 Å². The zero-order valence-electron chi connectivity index (χ0n) is 10.8. The SMILES string of the molecule is COc1ccc(N)c(N2C(=O)C3CCCC3C2=O)c1. The summed E-state index contributed by atoms with van der Waals surface area (Å²) >= 11 is 0. The number of nitrogens with two attached hydrogens (primary N) is 1. The van der Waals surface area contributed by atoms with E-state index in [1.54, 1.807) is 18.2 Å². The van der Waals surface area contributed by atoms with Crippen molar-refractivity contribution < 1.29 is 14.3 Å². The molecule has 5 nitrogen and oxygen atoms in total. The molecular weight excluding hydrogens is 244 g/mol. The molecule has 2 aliphatic rings. The largest absolute Gasteiger partial charge is 0.497 e. The molecule has 0 bridgehead atoms. The summed E-state index contributed by atoms with van der Waals surface area (Å²) in [4.78, 5) is 26.0. The highest BCUT2D eigenvalue weighted by molar-refractivity contribution is 6.23. The van der Waals surface area contributed by atoms with Gasteiger partial charge in [0.1, 0.15) is 5.75 Å². The van der Waals surface area contributed by atoms with Crippen LogP contribution in [0.15, 0.2) is 18.2 Å². The van der Waals surface area contributed by atoms with Crippen LogP contribution >= 0.6 is 0 Å². The van der Waals surface area contributed by atoms with Crippen molar-refractivity contribution in [2.24, 2.45) is 11.8 Å². The fourth-order valence-corrected chi connectivity index (χ4v) is 3.07. The lowest BCUT2D eigenvalue weighted by Crippen LogP contribution is -2.32. The molecule has 2 unspecified atom stereocenters. The number of hydrogen-bond donors (Lipinski definition) is 1. The second-order valence-electron chi connectivity index (χ2n) is 5.08. The topological polar surface area (TPSA) is 72.6 Å². The van der Waals surface area contributed by atoms with Gasteiger partial charge in [-0.2, -0.15) is 0 Å². The summed E-state index contributed by atoms with van der Waals surface area (Å²) in [5.74, 6) is 0.0398. The summed E-state index contributed by atoms with van der Waals surface area (Å²) in [7, 11) is 1.54. The Morgan fingerprint density at radius 3 is 2.42 bits per heavy atom. The number of carbonyl (C=O) groups excluding carboxylic acids is 2. The fourth-order valence-electron chi connectivity index (χ4n) is 3.07. The van der Waals surface area contributed by atoms with E-state index in [2.05, 4.69) is 0 Å². The quantitative estimate of drug-likeness (QED) is 0.647. The minimum absolute atomic E-state index is 0.118. The van der Waals surface area contributed by atoms with Crippen LogP contribution in [0.4, 0.5) is 11.4 Å². The zero-order valence-corrected chi connectivity index (χ0v) is 10.8. The van der Waals surface area contributed by atoms with E-state index in [0.717, 1.165) is 19.3 Å². The van der Waals surface area contributed by atoms with E-state index < -0.39 is 0 Å². The molecule has 0 aromatic heterocycles. The van der Waals surface area contributed by atoms with Crippen molar-refractivity contribution in [2.45, 2.75) is 19.3 Å². The number of nitrogen functional groups attached to an aromatic ring is 1. The molecule has 3 rings (SSSR count). The molecule has 1 aromatic rings. The van der Waals surface area contributed by atoms with Gasteiger partial charge in [-0.3, -0.25) is 9.59 Å². The van der Waals surface area contributed by atoms with E-state index in [9.17, 15) is 9.59 Å². The Morgan fingerprint density at radius 2 is 1.84 bits per heavy atom. The maximum atomic E-state index is 12.4. The Bertz CT molecular complexity index is 534. The molecular formula is C14H16N2O3. The van der Waals surface area contributed by atoms with Gasteiger partial charge in [-0.05, 0) is 25.0 Å². The number of benzene rings is 1. The molecule has 2 fully saturated rings. The van der Waals surface area contributed by atoms with E-state index in [0.29, 0.717) is 17.1 Å². The molecule has 1 saturated carbocycles. The van der Waals surface area contributed by atoms with Crippen LogP contribution in [0.1, 0.15) is 19.3 Å². The number of fused-ring (bicyclic) bond motifs is 1. The van der Waals surface area contributed by atoms with Crippen LogP contribution in [0.5, 0.6) is 5.75 Å². The maximum Gasteiger partial charge on any atom is 0.237 e. The third-order valence-electron chi connectivity index (χ3n) is 4.07. The lowest BCUT2D eigenvalue weighted by atomic mass is 10.00. The van der Waals surface area contributed by atoms with Gasteiger partial charge >= 0.3 is 0 Å². The van der Waals surface area contributed by atoms with E-state index in [-0.39, 0.29) is 23.7 Å². The van der Waals surface area contributed by atoms with Crippen molar-refractivity contribution >= 4 is 23.2 Å². The van der Waals surface area contributed by atoms with Crippen molar-refractivity contribution in [3.63, 3.8) is 0 Å². The van der Waals surface area contributed by atoms with Crippen LogP contribution in [-0.4, -0.2) is 18.9 Å². The van der Waals surface area contributed by atoms with Crippen LogP contribution in [0.25, 0.3) is 0 Å². The second-order valence-corrected chi connectivity index (χ2v) is 5.08. The molecule has 1 saturated heterocycles. The number of rotatable bonds is 2. The minimum Gasteiger partial charge on any atom is -0.497 e. The Morgan fingerprint density at radius 1 is 1.21 bits per heavy atom.